The molecule has 1 amide bonds. The molecule has 0 unspecified atom stereocenters. The molecule has 0 aliphatic heterocycles. The molecule has 0 atom stereocenters. The second-order valence-electron chi connectivity index (χ2n) is 5.81. The summed E-state index contributed by atoms with van der Waals surface area (Å²) in [6.07, 6.45) is 0.752. The molecule has 0 aromatic heterocycles. The van der Waals surface area contributed by atoms with Crippen molar-refractivity contribution in [1.82, 2.24) is 5.32 Å². The van der Waals surface area contributed by atoms with Crippen LogP contribution in [0, 0.1) is 0 Å². The molecule has 4 heteroatoms. The summed E-state index contributed by atoms with van der Waals surface area (Å²) in [4.78, 5) is 24.6. The molecule has 0 fully saturated rings. The molecule has 0 spiro atoms. The number of hydrogen-bond acceptors (Lipinski definition) is 3. The molecule has 0 heterocycles. The fraction of sp³-hybridized carbons (Fsp3) is 0.300. The fourth-order valence-corrected chi connectivity index (χ4v) is 2.84. The zero-order chi connectivity index (χ0) is 17.4. The van der Waals surface area contributed by atoms with Crippen molar-refractivity contribution < 1.29 is 14.3 Å². The van der Waals surface area contributed by atoms with Crippen LogP contribution in [0.5, 0.6) is 0 Å². The molecule has 2 rings (SSSR count). The van der Waals surface area contributed by atoms with E-state index < -0.39 is 11.5 Å². The Balaban J connectivity index is 2.41. The maximum atomic E-state index is 12.8. The Hall–Kier alpha value is -2.62. The fourth-order valence-electron chi connectivity index (χ4n) is 2.84. The van der Waals surface area contributed by atoms with Crippen molar-refractivity contribution in [2.24, 2.45) is 0 Å². The highest BCUT2D eigenvalue weighted by atomic mass is 16.5. The zero-order valence-electron chi connectivity index (χ0n) is 14.1. The van der Waals surface area contributed by atoms with E-state index in [-0.39, 0.29) is 12.5 Å². The number of ether oxygens (including phenoxy) is 1. The second kappa shape index (κ2) is 8.29. The highest BCUT2D eigenvalue weighted by Gasteiger charge is 2.41. The number of benzene rings is 2. The Morgan fingerprint density at radius 2 is 1.38 bits per heavy atom. The van der Waals surface area contributed by atoms with Gasteiger partial charge in [0.2, 0.25) is 5.91 Å². The lowest BCUT2D eigenvalue weighted by Crippen LogP contribution is -2.58. The Morgan fingerprint density at radius 3 is 1.75 bits per heavy atom. The van der Waals surface area contributed by atoms with E-state index in [0.29, 0.717) is 12.8 Å². The Labute approximate surface area is 142 Å². The lowest BCUT2D eigenvalue weighted by atomic mass is 9.84. The van der Waals surface area contributed by atoms with Crippen molar-refractivity contribution in [3.63, 3.8) is 0 Å². The summed E-state index contributed by atoms with van der Waals surface area (Å²) in [5.41, 5.74) is 0.815. The average Bonchev–Trinajstić information content (AvgIpc) is 2.56. The van der Waals surface area contributed by atoms with Gasteiger partial charge in [-0.15, -0.1) is 0 Å². The van der Waals surface area contributed by atoms with Crippen LogP contribution < -0.4 is 5.32 Å². The Bertz CT molecular complexity index is 626. The summed E-state index contributed by atoms with van der Waals surface area (Å²) in [5, 5.41) is 2.86. The van der Waals surface area contributed by atoms with E-state index in [1.165, 1.54) is 6.92 Å². The van der Waals surface area contributed by atoms with E-state index in [2.05, 4.69) is 5.32 Å². The summed E-state index contributed by atoms with van der Waals surface area (Å²) in [6, 6.07) is 19.3. The smallest absolute Gasteiger partial charge is 0.332 e. The molecule has 126 valence electrons. The van der Waals surface area contributed by atoms with Gasteiger partial charge in [0.15, 0.2) is 0 Å². The number of amides is 1. The van der Waals surface area contributed by atoms with Crippen molar-refractivity contribution in [2.75, 3.05) is 6.61 Å². The molecule has 2 aromatic carbocycles. The van der Waals surface area contributed by atoms with E-state index in [9.17, 15) is 9.59 Å². The van der Waals surface area contributed by atoms with Gasteiger partial charge >= 0.3 is 5.97 Å². The third kappa shape index (κ3) is 4.69. The lowest BCUT2D eigenvalue weighted by molar-refractivity contribution is -0.153. The van der Waals surface area contributed by atoms with E-state index >= 15 is 0 Å². The van der Waals surface area contributed by atoms with Crippen LogP contribution in [0.15, 0.2) is 60.7 Å². The second-order valence-corrected chi connectivity index (χ2v) is 5.81. The molecule has 0 bridgehead atoms. The number of nitrogens with one attached hydrogen (secondary N) is 1. The maximum absolute atomic E-state index is 12.8. The summed E-state index contributed by atoms with van der Waals surface area (Å²) in [7, 11) is 0. The molecule has 4 nitrogen and oxygen atoms in total. The zero-order valence-corrected chi connectivity index (χ0v) is 14.1. The first-order valence-electron chi connectivity index (χ1n) is 8.09. The molecular formula is C20H23NO3. The first kappa shape index (κ1) is 17.7. The molecule has 0 radical (unpaired) electrons. The highest BCUT2D eigenvalue weighted by Crippen LogP contribution is 2.22. The standard InChI is InChI=1S/C20H23NO3/c1-3-24-19(23)20(21-16(2)22,14-17-10-6-4-7-11-17)15-18-12-8-5-9-13-18/h4-13H,3,14-15H2,1-2H3,(H,21,22). The van der Waals surface area contributed by atoms with Crippen LogP contribution in [0.4, 0.5) is 0 Å². The Kier molecular flexibility index (Phi) is 6.13. The van der Waals surface area contributed by atoms with E-state index in [4.69, 9.17) is 4.74 Å². The van der Waals surface area contributed by atoms with Crippen LogP contribution in [0.25, 0.3) is 0 Å². The molecular weight excluding hydrogens is 302 g/mol. The van der Waals surface area contributed by atoms with Crippen molar-refractivity contribution in [1.29, 1.82) is 0 Å². The van der Waals surface area contributed by atoms with Crippen molar-refractivity contribution in [3.8, 4) is 0 Å². The van der Waals surface area contributed by atoms with Crippen molar-refractivity contribution in [3.05, 3.63) is 71.8 Å². The van der Waals surface area contributed by atoms with Crippen LogP contribution in [0.1, 0.15) is 25.0 Å². The monoisotopic (exact) mass is 325 g/mol. The largest absolute Gasteiger partial charge is 0.464 e. The van der Waals surface area contributed by atoms with Crippen LogP contribution >= 0.6 is 0 Å². The molecule has 2 aromatic rings. The minimum atomic E-state index is -1.12. The number of carbonyl (C=O) groups is 2. The predicted molar refractivity (Wildman–Crippen MR) is 93.5 cm³/mol. The maximum Gasteiger partial charge on any atom is 0.332 e. The molecule has 0 aliphatic rings. The topological polar surface area (TPSA) is 55.4 Å². The molecule has 1 N–H and O–H groups in total. The van der Waals surface area contributed by atoms with Crippen LogP contribution in [0.2, 0.25) is 0 Å². The van der Waals surface area contributed by atoms with Crippen molar-refractivity contribution in [2.45, 2.75) is 32.2 Å². The van der Waals surface area contributed by atoms with E-state index in [1.54, 1.807) is 6.92 Å². The van der Waals surface area contributed by atoms with E-state index in [1.807, 2.05) is 60.7 Å². The quantitative estimate of drug-likeness (QED) is 0.796. The summed E-state index contributed by atoms with van der Waals surface area (Å²) < 4.78 is 5.30. The van der Waals surface area contributed by atoms with Gasteiger partial charge in [0.25, 0.3) is 0 Å². The third-order valence-electron chi connectivity index (χ3n) is 3.78. The minimum Gasteiger partial charge on any atom is -0.464 e. The average molecular weight is 325 g/mol. The first-order valence-corrected chi connectivity index (χ1v) is 8.09. The SMILES string of the molecule is CCOC(=O)C(Cc1ccccc1)(Cc1ccccc1)NC(C)=O. The first-order chi connectivity index (χ1) is 11.6. The normalized spacial score (nSPS) is 10.9. The summed E-state index contributed by atoms with van der Waals surface area (Å²) >= 11 is 0. The van der Waals surface area contributed by atoms with Gasteiger partial charge in [-0.05, 0) is 18.1 Å². The molecule has 0 saturated carbocycles. The van der Waals surface area contributed by atoms with Gasteiger partial charge in [0.1, 0.15) is 5.54 Å². The Morgan fingerprint density at radius 1 is 0.917 bits per heavy atom. The summed E-state index contributed by atoms with van der Waals surface area (Å²) in [6.45, 7) is 3.45. The van der Waals surface area contributed by atoms with E-state index in [0.717, 1.165) is 11.1 Å². The van der Waals surface area contributed by atoms with Gasteiger partial charge in [-0.2, -0.15) is 0 Å². The van der Waals surface area contributed by atoms with Gasteiger partial charge in [-0.25, -0.2) is 4.79 Å². The number of esters is 1. The van der Waals surface area contributed by atoms with Crippen molar-refractivity contribution >= 4 is 11.9 Å². The molecule has 0 saturated heterocycles. The lowest BCUT2D eigenvalue weighted by Gasteiger charge is -2.32. The molecule has 24 heavy (non-hydrogen) atoms. The number of rotatable bonds is 7. The van der Waals surface area contributed by atoms with Gasteiger partial charge in [0, 0.05) is 19.8 Å². The van der Waals surface area contributed by atoms with Gasteiger partial charge in [-0.1, -0.05) is 60.7 Å². The number of carbonyl (C=O) groups excluding carboxylic acids is 2. The van der Waals surface area contributed by atoms with Crippen LogP contribution in [-0.2, 0) is 27.2 Å². The minimum absolute atomic E-state index is 0.255. The summed E-state index contributed by atoms with van der Waals surface area (Å²) in [5.74, 6) is -0.664. The van der Waals surface area contributed by atoms with Crippen LogP contribution in [0.3, 0.4) is 0 Å². The van der Waals surface area contributed by atoms with Gasteiger partial charge in [-0.3, -0.25) is 4.79 Å². The third-order valence-corrected chi connectivity index (χ3v) is 3.78. The van der Waals surface area contributed by atoms with Gasteiger partial charge in [0.05, 0.1) is 6.61 Å². The van der Waals surface area contributed by atoms with Gasteiger partial charge < -0.3 is 10.1 Å². The molecule has 0 aliphatic carbocycles. The highest BCUT2D eigenvalue weighted by molar-refractivity contribution is 5.88. The number of hydrogen-bond donors (Lipinski definition) is 1. The van der Waals surface area contributed by atoms with Crippen LogP contribution in [-0.4, -0.2) is 24.0 Å². The predicted octanol–water partition coefficient (Wildman–Crippen LogP) is 2.91.